The first-order chi connectivity index (χ1) is 9.63. The molecular formula is C16H15F2NO. The Morgan fingerprint density at radius 2 is 1.80 bits per heavy atom. The van der Waals surface area contributed by atoms with E-state index >= 15 is 0 Å². The molecular weight excluding hydrogens is 260 g/mol. The molecule has 0 amide bonds. The van der Waals surface area contributed by atoms with Crippen molar-refractivity contribution in [3.63, 3.8) is 0 Å². The van der Waals surface area contributed by atoms with Crippen molar-refractivity contribution >= 4 is 5.78 Å². The Morgan fingerprint density at radius 1 is 1.05 bits per heavy atom. The smallest absolute Gasteiger partial charge is 0.165 e. The summed E-state index contributed by atoms with van der Waals surface area (Å²) >= 11 is 0. The molecule has 4 heteroatoms. The van der Waals surface area contributed by atoms with Crippen LogP contribution in [0, 0.1) is 11.6 Å². The minimum atomic E-state index is -0.591. The largest absolute Gasteiger partial charge is 0.330 e. The fourth-order valence-electron chi connectivity index (χ4n) is 2.00. The van der Waals surface area contributed by atoms with Gasteiger partial charge in [-0.15, -0.1) is 0 Å². The van der Waals surface area contributed by atoms with E-state index in [1.807, 2.05) is 0 Å². The Kier molecular flexibility index (Phi) is 4.58. The van der Waals surface area contributed by atoms with E-state index in [0.717, 1.165) is 0 Å². The van der Waals surface area contributed by atoms with Gasteiger partial charge in [0.2, 0.25) is 0 Å². The molecule has 0 aliphatic carbocycles. The Labute approximate surface area is 116 Å². The summed E-state index contributed by atoms with van der Waals surface area (Å²) < 4.78 is 27.4. The van der Waals surface area contributed by atoms with Crippen molar-refractivity contribution < 1.29 is 13.6 Å². The van der Waals surface area contributed by atoms with Gasteiger partial charge < -0.3 is 5.73 Å². The second-order valence-corrected chi connectivity index (χ2v) is 4.49. The van der Waals surface area contributed by atoms with Crippen LogP contribution in [0.25, 0.3) is 11.1 Å². The van der Waals surface area contributed by atoms with Gasteiger partial charge in [0.1, 0.15) is 11.6 Å². The SMILES string of the molecule is NCCCC(=O)c1cc(-c2ccccc2F)ccc1F. The normalized spacial score (nSPS) is 10.6. The summed E-state index contributed by atoms with van der Waals surface area (Å²) in [7, 11) is 0. The van der Waals surface area contributed by atoms with Crippen molar-refractivity contribution in [2.45, 2.75) is 12.8 Å². The molecule has 2 nitrogen and oxygen atoms in total. The lowest BCUT2D eigenvalue weighted by Gasteiger charge is -2.07. The molecule has 2 rings (SSSR count). The van der Waals surface area contributed by atoms with Gasteiger partial charge in [0.15, 0.2) is 5.78 Å². The first-order valence-electron chi connectivity index (χ1n) is 6.41. The van der Waals surface area contributed by atoms with Crippen molar-refractivity contribution in [1.29, 1.82) is 0 Å². The predicted octanol–water partition coefficient (Wildman–Crippen LogP) is 3.55. The first kappa shape index (κ1) is 14.3. The summed E-state index contributed by atoms with van der Waals surface area (Å²) in [5.74, 6) is -1.31. The van der Waals surface area contributed by atoms with Gasteiger partial charge in [0, 0.05) is 12.0 Å². The number of Topliss-reactive ketones (excluding diaryl/α,β-unsaturated/α-hetero) is 1. The van der Waals surface area contributed by atoms with E-state index in [0.29, 0.717) is 24.1 Å². The molecule has 0 radical (unpaired) electrons. The lowest BCUT2D eigenvalue weighted by Crippen LogP contribution is -2.07. The summed E-state index contributed by atoms with van der Waals surface area (Å²) in [5.41, 5.74) is 6.16. The number of halogens is 2. The zero-order valence-corrected chi connectivity index (χ0v) is 10.9. The van der Waals surface area contributed by atoms with E-state index in [4.69, 9.17) is 5.73 Å². The molecule has 0 aliphatic rings. The third-order valence-corrected chi connectivity index (χ3v) is 3.06. The molecule has 0 saturated carbocycles. The van der Waals surface area contributed by atoms with Crippen LogP contribution in [0.15, 0.2) is 42.5 Å². The van der Waals surface area contributed by atoms with E-state index in [-0.39, 0.29) is 17.8 Å². The Bertz CT molecular complexity index is 626. The van der Waals surface area contributed by atoms with Crippen molar-refractivity contribution in [3.8, 4) is 11.1 Å². The molecule has 2 aromatic carbocycles. The molecule has 0 saturated heterocycles. The molecule has 104 valence electrons. The Balaban J connectivity index is 2.39. The van der Waals surface area contributed by atoms with Crippen LogP contribution in [-0.2, 0) is 0 Å². The summed E-state index contributed by atoms with van der Waals surface area (Å²) in [6.45, 7) is 0.375. The highest BCUT2D eigenvalue weighted by atomic mass is 19.1. The summed E-state index contributed by atoms with van der Waals surface area (Å²) in [6, 6.07) is 10.2. The van der Waals surface area contributed by atoms with Gasteiger partial charge in [-0.05, 0) is 36.7 Å². The monoisotopic (exact) mass is 275 g/mol. The van der Waals surface area contributed by atoms with Crippen molar-refractivity contribution in [2.75, 3.05) is 6.54 Å². The van der Waals surface area contributed by atoms with Crippen LogP contribution in [-0.4, -0.2) is 12.3 Å². The van der Waals surface area contributed by atoms with Gasteiger partial charge in [0.05, 0.1) is 5.56 Å². The quantitative estimate of drug-likeness (QED) is 0.848. The average molecular weight is 275 g/mol. The predicted molar refractivity (Wildman–Crippen MR) is 74.4 cm³/mol. The fraction of sp³-hybridized carbons (Fsp3) is 0.188. The fourth-order valence-corrected chi connectivity index (χ4v) is 2.00. The third kappa shape index (κ3) is 3.08. The topological polar surface area (TPSA) is 43.1 Å². The highest BCUT2D eigenvalue weighted by molar-refractivity contribution is 5.97. The number of carbonyl (C=O) groups excluding carboxylic acids is 1. The molecule has 2 N–H and O–H groups in total. The van der Waals surface area contributed by atoms with Crippen LogP contribution in [0.4, 0.5) is 8.78 Å². The molecule has 20 heavy (non-hydrogen) atoms. The van der Waals surface area contributed by atoms with Gasteiger partial charge in [-0.25, -0.2) is 8.78 Å². The van der Waals surface area contributed by atoms with Crippen LogP contribution in [0.2, 0.25) is 0 Å². The molecule has 0 unspecified atom stereocenters. The van der Waals surface area contributed by atoms with Crippen LogP contribution in [0.1, 0.15) is 23.2 Å². The standard InChI is InChI=1S/C16H15F2NO/c17-14-5-2-1-4-12(14)11-7-8-15(18)13(10-11)16(20)6-3-9-19/h1-2,4-5,7-8,10H,3,6,9,19H2. The number of ketones is 1. The number of hydrogen-bond donors (Lipinski definition) is 1. The van der Waals surface area contributed by atoms with E-state index in [2.05, 4.69) is 0 Å². The number of rotatable bonds is 5. The van der Waals surface area contributed by atoms with Gasteiger partial charge in [-0.1, -0.05) is 24.3 Å². The van der Waals surface area contributed by atoms with E-state index in [1.165, 1.54) is 24.3 Å². The summed E-state index contributed by atoms with van der Waals surface area (Å²) in [6.07, 6.45) is 0.691. The second-order valence-electron chi connectivity index (χ2n) is 4.49. The molecule has 0 spiro atoms. The van der Waals surface area contributed by atoms with E-state index in [9.17, 15) is 13.6 Å². The molecule has 0 heterocycles. The van der Waals surface area contributed by atoms with E-state index < -0.39 is 11.6 Å². The maximum absolute atomic E-state index is 13.7. The van der Waals surface area contributed by atoms with Crippen LogP contribution in [0.5, 0.6) is 0 Å². The number of hydrogen-bond acceptors (Lipinski definition) is 2. The molecule has 0 fully saturated rings. The van der Waals surface area contributed by atoms with Crippen LogP contribution < -0.4 is 5.73 Å². The Morgan fingerprint density at radius 3 is 2.50 bits per heavy atom. The maximum Gasteiger partial charge on any atom is 0.165 e. The number of carbonyl (C=O) groups is 1. The van der Waals surface area contributed by atoms with Gasteiger partial charge in [-0.3, -0.25) is 4.79 Å². The minimum absolute atomic E-state index is 0.0146. The lowest BCUT2D eigenvalue weighted by atomic mass is 9.99. The summed E-state index contributed by atoms with van der Waals surface area (Å²) in [4.78, 5) is 11.9. The average Bonchev–Trinajstić information content (AvgIpc) is 2.46. The molecule has 0 aliphatic heterocycles. The molecule has 0 aromatic heterocycles. The third-order valence-electron chi connectivity index (χ3n) is 3.06. The molecule has 2 aromatic rings. The first-order valence-corrected chi connectivity index (χ1v) is 6.41. The zero-order chi connectivity index (χ0) is 14.5. The van der Waals surface area contributed by atoms with Crippen LogP contribution in [0.3, 0.4) is 0 Å². The number of benzene rings is 2. The minimum Gasteiger partial charge on any atom is -0.330 e. The van der Waals surface area contributed by atoms with Gasteiger partial charge >= 0.3 is 0 Å². The van der Waals surface area contributed by atoms with Crippen molar-refractivity contribution in [1.82, 2.24) is 0 Å². The van der Waals surface area contributed by atoms with E-state index in [1.54, 1.807) is 18.2 Å². The Hall–Kier alpha value is -2.07. The van der Waals surface area contributed by atoms with Crippen molar-refractivity contribution in [2.24, 2.45) is 5.73 Å². The van der Waals surface area contributed by atoms with Gasteiger partial charge in [-0.2, -0.15) is 0 Å². The zero-order valence-electron chi connectivity index (χ0n) is 10.9. The molecule has 0 bridgehead atoms. The second kappa shape index (κ2) is 6.39. The highest BCUT2D eigenvalue weighted by Crippen LogP contribution is 2.25. The maximum atomic E-state index is 13.7. The summed E-state index contributed by atoms with van der Waals surface area (Å²) in [5, 5.41) is 0. The molecule has 0 atom stereocenters. The number of nitrogens with two attached hydrogens (primary N) is 1. The van der Waals surface area contributed by atoms with Gasteiger partial charge in [0.25, 0.3) is 0 Å². The van der Waals surface area contributed by atoms with Crippen LogP contribution >= 0.6 is 0 Å². The lowest BCUT2D eigenvalue weighted by molar-refractivity contribution is 0.0977. The van der Waals surface area contributed by atoms with Crippen molar-refractivity contribution in [3.05, 3.63) is 59.7 Å². The highest BCUT2D eigenvalue weighted by Gasteiger charge is 2.14.